The van der Waals surface area contributed by atoms with Gasteiger partial charge in [-0.3, -0.25) is 4.79 Å². The van der Waals surface area contributed by atoms with Crippen molar-refractivity contribution in [3.63, 3.8) is 0 Å². The summed E-state index contributed by atoms with van der Waals surface area (Å²) in [6.45, 7) is 5.78. The standard InChI is InChI=1S/C17H27N5O3S/c1-5-24-16(25-6-2)12-22-11-13(19-20-22)17(23)18-10-14(21(3)4)15-8-7-9-26-15/h7-9,11,14,16H,5-6,10,12H2,1-4H3,(H,18,23). The van der Waals surface area contributed by atoms with E-state index in [0.717, 1.165) is 0 Å². The molecule has 144 valence electrons. The Kier molecular flexibility index (Phi) is 8.17. The SMILES string of the molecule is CCOC(Cn1cc(C(=O)NCC(c2cccs2)N(C)C)nn1)OCC. The van der Waals surface area contributed by atoms with Gasteiger partial charge < -0.3 is 19.7 Å². The number of hydrogen-bond acceptors (Lipinski definition) is 7. The van der Waals surface area contributed by atoms with E-state index in [1.54, 1.807) is 22.2 Å². The van der Waals surface area contributed by atoms with Crippen molar-refractivity contribution in [2.75, 3.05) is 33.9 Å². The van der Waals surface area contributed by atoms with Gasteiger partial charge in [0.05, 0.1) is 18.8 Å². The Morgan fingerprint density at radius 1 is 1.35 bits per heavy atom. The van der Waals surface area contributed by atoms with Crippen LogP contribution in [-0.2, 0) is 16.0 Å². The van der Waals surface area contributed by atoms with Crippen LogP contribution in [0, 0.1) is 0 Å². The van der Waals surface area contributed by atoms with Crippen LogP contribution in [0.1, 0.15) is 35.3 Å². The van der Waals surface area contributed by atoms with Gasteiger partial charge in [-0.1, -0.05) is 11.3 Å². The quantitative estimate of drug-likeness (QED) is 0.598. The van der Waals surface area contributed by atoms with Crippen LogP contribution in [0.25, 0.3) is 0 Å². The predicted octanol–water partition coefficient (Wildman–Crippen LogP) is 1.77. The Hall–Kier alpha value is -1.81. The van der Waals surface area contributed by atoms with E-state index in [0.29, 0.717) is 26.3 Å². The number of aromatic nitrogens is 3. The summed E-state index contributed by atoms with van der Waals surface area (Å²) in [5.41, 5.74) is 0.278. The van der Waals surface area contributed by atoms with Gasteiger partial charge in [0.15, 0.2) is 12.0 Å². The second-order valence-corrected chi connectivity index (χ2v) is 6.85. The van der Waals surface area contributed by atoms with E-state index in [1.165, 1.54) is 4.88 Å². The van der Waals surface area contributed by atoms with Gasteiger partial charge in [-0.25, -0.2) is 4.68 Å². The van der Waals surface area contributed by atoms with Crippen molar-refractivity contribution >= 4 is 17.2 Å². The number of carbonyl (C=O) groups is 1. The maximum Gasteiger partial charge on any atom is 0.273 e. The highest BCUT2D eigenvalue weighted by molar-refractivity contribution is 7.10. The van der Waals surface area contributed by atoms with Gasteiger partial charge in [-0.15, -0.1) is 16.4 Å². The third-order valence-electron chi connectivity index (χ3n) is 3.76. The molecule has 0 saturated carbocycles. The van der Waals surface area contributed by atoms with Gasteiger partial charge in [0.2, 0.25) is 0 Å². The molecule has 2 aromatic rings. The van der Waals surface area contributed by atoms with Crippen LogP contribution >= 0.6 is 11.3 Å². The lowest BCUT2D eigenvalue weighted by atomic mass is 10.2. The Morgan fingerprint density at radius 3 is 2.65 bits per heavy atom. The molecule has 1 amide bonds. The minimum atomic E-state index is -0.403. The average molecular weight is 382 g/mol. The Bertz CT molecular complexity index is 653. The molecule has 1 unspecified atom stereocenters. The summed E-state index contributed by atoms with van der Waals surface area (Å²) in [7, 11) is 3.99. The molecule has 0 spiro atoms. The normalized spacial score (nSPS) is 12.7. The lowest BCUT2D eigenvalue weighted by molar-refractivity contribution is -0.145. The molecule has 26 heavy (non-hydrogen) atoms. The number of amides is 1. The topological polar surface area (TPSA) is 81.5 Å². The molecule has 0 bridgehead atoms. The van der Waals surface area contributed by atoms with E-state index in [9.17, 15) is 4.79 Å². The zero-order valence-electron chi connectivity index (χ0n) is 15.7. The molecule has 2 aromatic heterocycles. The number of likely N-dealkylation sites (N-methyl/N-ethyl adjacent to an activating group) is 1. The Labute approximate surface area is 158 Å². The predicted molar refractivity (Wildman–Crippen MR) is 100 cm³/mol. The lowest BCUT2D eigenvalue weighted by Crippen LogP contribution is -2.34. The monoisotopic (exact) mass is 381 g/mol. The summed E-state index contributed by atoms with van der Waals surface area (Å²) < 4.78 is 12.5. The summed E-state index contributed by atoms with van der Waals surface area (Å²) >= 11 is 1.67. The van der Waals surface area contributed by atoms with Gasteiger partial charge >= 0.3 is 0 Å². The first-order valence-electron chi connectivity index (χ1n) is 8.66. The van der Waals surface area contributed by atoms with Crippen LogP contribution in [-0.4, -0.2) is 65.9 Å². The minimum Gasteiger partial charge on any atom is -0.351 e. The summed E-state index contributed by atoms with van der Waals surface area (Å²) in [5, 5.41) is 12.9. The highest BCUT2D eigenvalue weighted by atomic mass is 32.1. The smallest absolute Gasteiger partial charge is 0.273 e. The van der Waals surface area contributed by atoms with E-state index in [1.807, 2.05) is 39.4 Å². The molecule has 0 aliphatic rings. The van der Waals surface area contributed by atoms with Crippen LogP contribution in [0.3, 0.4) is 0 Å². The van der Waals surface area contributed by atoms with E-state index in [-0.39, 0.29) is 17.6 Å². The fourth-order valence-electron chi connectivity index (χ4n) is 2.47. The second-order valence-electron chi connectivity index (χ2n) is 5.87. The highest BCUT2D eigenvalue weighted by Gasteiger charge is 2.19. The van der Waals surface area contributed by atoms with E-state index < -0.39 is 6.29 Å². The highest BCUT2D eigenvalue weighted by Crippen LogP contribution is 2.22. The van der Waals surface area contributed by atoms with Gasteiger partial charge in [0.1, 0.15) is 0 Å². The van der Waals surface area contributed by atoms with Crippen molar-refractivity contribution in [2.45, 2.75) is 32.7 Å². The average Bonchev–Trinajstić information content (AvgIpc) is 3.27. The molecule has 0 aliphatic carbocycles. The number of hydrogen-bond donors (Lipinski definition) is 1. The van der Waals surface area contributed by atoms with Crippen LogP contribution < -0.4 is 5.32 Å². The molecule has 0 saturated heterocycles. The molecule has 0 fully saturated rings. The number of nitrogens with zero attached hydrogens (tertiary/aromatic N) is 4. The molecule has 2 heterocycles. The van der Waals surface area contributed by atoms with E-state index in [4.69, 9.17) is 9.47 Å². The fourth-order valence-corrected chi connectivity index (χ4v) is 3.39. The molecular weight excluding hydrogens is 354 g/mol. The summed E-state index contributed by atoms with van der Waals surface area (Å²) in [6, 6.07) is 4.20. The first kappa shape index (κ1) is 20.5. The third-order valence-corrected chi connectivity index (χ3v) is 4.74. The number of rotatable bonds is 11. The molecule has 0 aromatic carbocycles. The van der Waals surface area contributed by atoms with Crippen LogP contribution in [0.5, 0.6) is 0 Å². The number of thiophene rings is 1. The minimum absolute atomic E-state index is 0.120. The molecule has 9 heteroatoms. The maximum absolute atomic E-state index is 12.4. The van der Waals surface area contributed by atoms with Crippen molar-refractivity contribution in [3.8, 4) is 0 Å². The van der Waals surface area contributed by atoms with Crippen molar-refractivity contribution in [3.05, 3.63) is 34.3 Å². The van der Waals surface area contributed by atoms with Crippen LogP contribution in [0.2, 0.25) is 0 Å². The first-order valence-corrected chi connectivity index (χ1v) is 9.54. The fraction of sp³-hybridized carbons (Fsp3) is 0.588. The van der Waals surface area contributed by atoms with Crippen molar-refractivity contribution in [2.24, 2.45) is 0 Å². The maximum atomic E-state index is 12.4. The van der Waals surface area contributed by atoms with Gasteiger partial charge in [0.25, 0.3) is 5.91 Å². The number of ether oxygens (including phenoxy) is 2. The lowest BCUT2D eigenvalue weighted by Gasteiger charge is -2.23. The molecule has 1 atom stereocenters. The summed E-state index contributed by atoms with van der Waals surface area (Å²) in [6.07, 6.45) is 1.20. The van der Waals surface area contributed by atoms with Crippen molar-refractivity contribution in [1.29, 1.82) is 0 Å². The van der Waals surface area contributed by atoms with Gasteiger partial charge in [0, 0.05) is 24.6 Å². The zero-order chi connectivity index (χ0) is 18.9. The van der Waals surface area contributed by atoms with E-state index >= 15 is 0 Å². The van der Waals surface area contributed by atoms with Gasteiger partial charge in [-0.05, 0) is 39.4 Å². The Balaban J connectivity index is 1.92. The van der Waals surface area contributed by atoms with E-state index in [2.05, 4.69) is 26.6 Å². The first-order chi connectivity index (χ1) is 12.5. The van der Waals surface area contributed by atoms with Crippen LogP contribution in [0.15, 0.2) is 23.7 Å². The summed E-state index contributed by atoms with van der Waals surface area (Å²) in [5.74, 6) is -0.246. The third kappa shape index (κ3) is 5.87. The molecule has 8 nitrogen and oxygen atoms in total. The molecule has 0 aliphatic heterocycles. The van der Waals surface area contributed by atoms with Gasteiger partial charge in [-0.2, -0.15) is 0 Å². The van der Waals surface area contributed by atoms with Crippen molar-refractivity contribution in [1.82, 2.24) is 25.2 Å². The largest absolute Gasteiger partial charge is 0.351 e. The second kappa shape index (κ2) is 10.4. The molecule has 0 radical (unpaired) electrons. The number of nitrogens with one attached hydrogen (secondary N) is 1. The van der Waals surface area contributed by atoms with Crippen molar-refractivity contribution < 1.29 is 14.3 Å². The molecule has 1 N–H and O–H groups in total. The summed E-state index contributed by atoms with van der Waals surface area (Å²) in [4.78, 5) is 15.7. The zero-order valence-corrected chi connectivity index (χ0v) is 16.5. The molecule has 2 rings (SSSR count). The molecular formula is C17H27N5O3S. The Morgan fingerprint density at radius 2 is 2.08 bits per heavy atom. The number of carbonyl (C=O) groups excluding carboxylic acids is 1. The van der Waals surface area contributed by atoms with Crippen LogP contribution in [0.4, 0.5) is 0 Å².